The molecule has 0 spiro atoms. The third-order valence-electron chi connectivity index (χ3n) is 3.57. The van der Waals surface area contributed by atoms with Crippen LogP contribution in [0.5, 0.6) is 5.75 Å². The fourth-order valence-electron chi connectivity index (χ4n) is 2.29. The molecule has 0 saturated carbocycles. The molecule has 0 atom stereocenters. The maximum Gasteiger partial charge on any atom is 0.243 e. The number of aryl methyl sites for hydroxylation is 1. The van der Waals surface area contributed by atoms with Crippen molar-refractivity contribution >= 4 is 17.2 Å². The Morgan fingerprint density at radius 2 is 1.73 bits per heavy atom. The summed E-state index contributed by atoms with van der Waals surface area (Å²) in [4.78, 5) is 21.5. The topological polar surface area (TPSA) is 60.5 Å². The first-order valence-corrected chi connectivity index (χ1v) is 9.27. The van der Waals surface area contributed by atoms with Crippen LogP contribution in [0.4, 0.5) is 0 Å². The number of thiazole rings is 1. The number of ether oxygens (including phenoxy) is 1. The fourth-order valence-corrected chi connectivity index (χ4v) is 3.10. The molecule has 6 heteroatoms. The van der Waals surface area contributed by atoms with Crippen LogP contribution in [0, 0.1) is 0 Å². The number of amides is 1. The van der Waals surface area contributed by atoms with Gasteiger partial charge in [0.1, 0.15) is 19.0 Å². The molecule has 0 aliphatic carbocycles. The van der Waals surface area contributed by atoms with Crippen LogP contribution in [0.25, 0.3) is 11.3 Å². The Morgan fingerprint density at radius 1 is 1.00 bits per heavy atom. The van der Waals surface area contributed by atoms with Crippen LogP contribution in [0.2, 0.25) is 0 Å². The Morgan fingerprint density at radius 3 is 2.50 bits per heavy atom. The summed E-state index contributed by atoms with van der Waals surface area (Å²) < 4.78 is 5.48. The maximum atomic E-state index is 11.8. The van der Waals surface area contributed by atoms with Crippen LogP contribution in [0.3, 0.4) is 0 Å². The van der Waals surface area contributed by atoms with E-state index in [0.29, 0.717) is 19.4 Å². The van der Waals surface area contributed by atoms with E-state index < -0.39 is 0 Å². The minimum absolute atomic E-state index is 0.166. The lowest BCUT2D eigenvalue weighted by Crippen LogP contribution is -2.26. The highest BCUT2D eigenvalue weighted by atomic mass is 32.1. The summed E-state index contributed by atoms with van der Waals surface area (Å²) in [6.45, 7) is 0.660. The Kier molecular flexibility index (Phi) is 6.75. The van der Waals surface area contributed by atoms with Gasteiger partial charge in [0.05, 0.1) is 10.7 Å². The molecule has 0 fully saturated rings. The number of nitrogens with zero attached hydrogens (tertiary/aromatic N) is 1. The summed E-state index contributed by atoms with van der Waals surface area (Å²) in [5.74, 6) is 0.613. The highest BCUT2D eigenvalue weighted by Crippen LogP contribution is 2.22. The number of carbonyl (C=O) groups excluding carboxylic acids is 1. The fraction of sp³-hybridized carbons (Fsp3) is 0.200. The molecule has 0 aliphatic rings. The van der Waals surface area contributed by atoms with Crippen molar-refractivity contribution in [2.24, 2.45) is 0 Å². The number of para-hydroxylation sites is 1. The van der Waals surface area contributed by atoms with Gasteiger partial charge in [-0.1, -0.05) is 48.5 Å². The molecule has 1 amide bonds. The lowest BCUT2D eigenvalue weighted by molar-refractivity contribution is -0.134. The van der Waals surface area contributed by atoms with Crippen molar-refractivity contribution in [1.82, 2.24) is 10.5 Å². The van der Waals surface area contributed by atoms with Gasteiger partial charge in [-0.3, -0.25) is 9.63 Å². The Bertz CT molecular complexity index is 806. The molecule has 0 saturated heterocycles. The van der Waals surface area contributed by atoms with E-state index in [1.165, 1.54) is 0 Å². The van der Waals surface area contributed by atoms with E-state index in [2.05, 4.69) is 10.5 Å². The van der Waals surface area contributed by atoms with E-state index in [-0.39, 0.29) is 12.5 Å². The number of aromatic nitrogens is 1. The molecule has 2 aromatic carbocycles. The smallest absolute Gasteiger partial charge is 0.243 e. The quantitative estimate of drug-likeness (QED) is 0.460. The summed E-state index contributed by atoms with van der Waals surface area (Å²) in [7, 11) is 0. The number of rotatable bonds is 9. The molecule has 0 radical (unpaired) electrons. The molecule has 0 aliphatic heterocycles. The van der Waals surface area contributed by atoms with Gasteiger partial charge in [-0.25, -0.2) is 10.5 Å². The lowest BCUT2D eigenvalue weighted by atomic mass is 10.2. The molecule has 0 unspecified atom stereocenters. The second-order valence-corrected chi connectivity index (χ2v) is 6.47. The first-order chi connectivity index (χ1) is 12.8. The monoisotopic (exact) mass is 368 g/mol. The van der Waals surface area contributed by atoms with Crippen molar-refractivity contribution in [3.05, 3.63) is 71.1 Å². The normalized spacial score (nSPS) is 10.5. The number of benzene rings is 2. The molecule has 3 rings (SSSR count). The maximum absolute atomic E-state index is 11.8. The van der Waals surface area contributed by atoms with Crippen molar-refractivity contribution in [3.63, 3.8) is 0 Å². The largest absolute Gasteiger partial charge is 0.491 e. The molecule has 3 aromatic rings. The summed E-state index contributed by atoms with van der Waals surface area (Å²) in [6.07, 6.45) is 0.925. The van der Waals surface area contributed by atoms with Gasteiger partial charge in [0.2, 0.25) is 5.91 Å². The highest BCUT2D eigenvalue weighted by molar-refractivity contribution is 7.09. The number of hydrogen-bond donors (Lipinski definition) is 1. The van der Waals surface area contributed by atoms with Crippen molar-refractivity contribution in [2.45, 2.75) is 12.8 Å². The van der Waals surface area contributed by atoms with Gasteiger partial charge in [0.25, 0.3) is 0 Å². The van der Waals surface area contributed by atoms with E-state index in [1.807, 2.05) is 66.0 Å². The average Bonchev–Trinajstić information content (AvgIpc) is 3.17. The molecule has 1 heterocycles. The van der Waals surface area contributed by atoms with Gasteiger partial charge in [0, 0.05) is 23.8 Å². The van der Waals surface area contributed by atoms with Crippen molar-refractivity contribution in [1.29, 1.82) is 0 Å². The number of hydrogen-bond acceptors (Lipinski definition) is 5. The van der Waals surface area contributed by atoms with Crippen molar-refractivity contribution in [3.8, 4) is 17.0 Å². The third kappa shape index (κ3) is 5.68. The second-order valence-electron chi connectivity index (χ2n) is 5.53. The van der Waals surface area contributed by atoms with Crippen LogP contribution < -0.4 is 10.2 Å². The zero-order valence-electron chi connectivity index (χ0n) is 14.3. The van der Waals surface area contributed by atoms with Gasteiger partial charge >= 0.3 is 0 Å². The van der Waals surface area contributed by atoms with E-state index >= 15 is 0 Å². The van der Waals surface area contributed by atoms with Gasteiger partial charge in [-0.05, 0) is 12.1 Å². The van der Waals surface area contributed by atoms with Gasteiger partial charge < -0.3 is 4.74 Å². The molecule has 0 bridgehead atoms. The van der Waals surface area contributed by atoms with Gasteiger partial charge in [0.15, 0.2) is 0 Å². The summed E-state index contributed by atoms with van der Waals surface area (Å²) in [5, 5.41) is 2.95. The van der Waals surface area contributed by atoms with Gasteiger partial charge in [-0.15, -0.1) is 11.3 Å². The van der Waals surface area contributed by atoms with E-state index in [9.17, 15) is 4.79 Å². The van der Waals surface area contributed by atoms with E-state index in [1.54, 1.807) is 11.3 Å². The van der Waals surface area contributed by atoms with Crippen LogP contribution in [-0.2, 0) is 16.1 Å². The SMILES string of the molecule is O=C(CCc1nc(-c2ccccc2)cs1)NOCCOc1ccccc1. The van der Waals surface area contributed by atoms with Crippen molar-refractivity contribution < 1.29 is 14.4 Å². The second kappa shape index (κ2) is 9.70. The van der Waals surface area contributed by atoms with Crippen LogP contribution >= 0.6 is 11.3 Å². The summed E-state index contributed by atoms with van der Waals surface area (Å²) in [5.41, 5.74) is 4.46. The molecule has 134 valence electrons. The third-order valence-corrected chi connectivity index (χ3v) is 4.48. The molecule has 1 aromatic heterocycles. The Hall–Kier alpha value is -2.70. The molecule has 1 N–H and O–H groups in total. The minimum atomic E-state index is -0.166. The van der Waals surface area contributed by atoms with Crippen molar-refractivity contribution in [2.75, 3.05) is 13.2 Å². The number of carbonyl (C=O) groups is 1. The standard InChI is InChI=1S/C20H20N2O3S/c23-19(22-25-14-13-24-17-9-5-2-6-10-17)11-12-20-21-18(15-26-20)16-7-3-1-4-8-16/h1-10,15H,11-14H2,(H,22,23). The number of nitrogens with one attached hydrogen (secondary N) is 1. The van der Waals surface area contributed by atoms with E-state index in [0.717, 1.165) is 22.0 Å². The highest BCUT2D eigenvalue weighted by Gasteiger charge is 2.07. The number of hydroxylamine groups is 1. The first kappa shape index (κ1) is 18.1. The zero-order chi connectivity index (χ0) is 18.0. The minimum Gasteiger partial charge on any atom is -0.491 e. The van der Waals surface area contributed by atoms with Crippen LogP contribution in [0.1, 0.15) is 11.4 Å². The predicted octanol–water partition coefficient (Wildman–Crippen LogP) is 3.87. The van der Waals surface area contributed by atoms with Crippen LogP contribution in [-0.4, -0.2) is 24.1 Å². The van der Waals surface area contributed by atoms with Gasteiger partial charge in [-0.2, -0.15) is 0 Å². The predicted molar refractivity (Wildman–Crippen MR) is 102 cm³/mol. The molecular weight excluding hydrogens is 348 g/mol. The summed E-state index contributed by atoms with van der Waals surface area (Å²) in [6, 6.07) is 19.5. The molecular formula is C20H20N2O3S. The summed E-state index contributed by atoms with van der Waals surface area (Å²) >= 11 is 1.56. The molecule has 26 heavy (non-hydrogen) atoms. The van der Waals surface area contributed by atoms with E-state index in [4.69, 9.17) is 9.57 Å². The van der Waals surface area contributed by atoms with Crippen LogP contribution in [0.15, 0.2) is 66.0 Å². The first-order valence-electron chi connectivity index (χ1n) is 8.39. The Labute approximate surface area is 156 Å². The Balaban J connectivity index is 1.32. The average molecular weight is 368 g/mol. The zero-order valence-corrected chi connectivity index (χ0v) is 15.1. The lowest BCUT2D eigenvalue weighted by Gasteiger charge is -2.07. The molecule has 5 nitrogen and oxygen atoms in total.